The monoisotopic (exact) mass is 371 g/mol. The molecule has 0 saturated carbocycles. The molecule has 0 fully saturated rings. The Morgan fingerprint density at radius 2 is 2.16 bits per heavy atom. The molecule has 0 aliphatic carbocycles. The molecule has 1 aromatic heterocycles. The number of nitrogens with zero attached hydrogens (tertiary/aromatic N) is 2. The molecular weight excluding hydrogens is 360 g/mol. The third-order valence-electron chi connectivity index (χ3n) is 2.44. The van der Waals surface area contributed by atoms with Crippen molar-refractivity contribution in [2.24, 2.45) is 0 Å². The quantitative estimate of drug-likeness (QED) is 0.844. The summed E-state index contributed by atoms with van der Waals surface area (Å²) in [4.78, 5) is 20.2. The minimum atomic E-state index is -0.356. The SMILES string of the molecule is Cc1cnc(CNC(=O)c2ccc(F)cc2I)cn1. The van der Waals surface area contributed by atoms with Crippen LogP contribution < -0.4 is 5.32 Å². The molecule has 0 radical (unpaired) electrons. The molecule has 19 heavy (non-hydrogen) atoms. The fraction of sp³-hybridized carbons (Fsp3) is 0.154. The van der Waals surface area contributed by atoms with Gasteiger partial charge in [0.15, 0.2) is 0 Å². The summed E-state index contributed by atoms with van der Waals surface area (Å²) in [6.07, 6.45) is 3.26. The van der Waals surface area contributed by atoms with Crippen LogP contribution in [0.4, 0.5) is 4.39 Å². The minimum absolute atomic E-state index is 0.258. The minimum Gasteiger partial charge on any atom is -0.346 e. The Morgan fingerprint density at radius 1 is 1.37 bits per heavy atom. The maximum Gasteiger partial charge on any atom is 0.252 e. The molecule has 0 atom stereocenters. The summed E-state index contributed by atoms with van der Waals surface area (Å²) in [5.74, 6) is -0.614. The van der Waals surface area contributed by atoms with Gasteiger partial charge in [0.2, 0.25) is 0 Å². The first kappa shape index (κ1) is 13.9. The van der Waals surface area contributed by atoms with Crippen LogP contribution in [-0.4, -0.2) is 15.9 Å². The molecule has 4 nitrogen and oxygen atoms in total. The molecule has 2 rings (SSSR count). The predicted octanol–water partition coefficient (Wildman–Crippen LogP) is 2.46. The van der Waals surface area contributed by atoms with E-state index < -0.39 is 0 Å². The normalized spacial score (nSPS) is 10.3. The Balaban J connectivity index is 2.03. The highest BCUT2D eigenvalue weighted by molar-refractivity contribution is 14.1. The third kappa shape index (κ3) is 3.69. The summed E-state index contributed by atoms with van der Waals surface area (Å²) in [7, 11) is 0. The fourth-order valence-corrected chi connectivity index (χ4v) is 2.17. The van der Waals surface area contributed by atoms with Gasteiger partial charge in [-0.15, -0.1) is 0 Å². The average Bonchev–Trinajstić information content (AvgIpc) is 2.37. The highest BCUT2D eigenvalue weighted by Crippen LogP contribution is 2.13. The molecule has 2 aromatic rings. The summed E-state index contributed by atoms with van der Waals surface area (Å²) < 4.78 is 13.5. The molecule has 0 saturated heterocycles. The number of aryl methyl sites for hydroxylation is 1. The van der Waals surface area contributed by atoms with Gasteiger partial charge in [0, 0.05) is 9.77 Å². The van der Waals surface area contributed by atoms with Crippen LogP contribution in [-0.2, 0) is 6.54 Å². The van der Waals surface area contributed by atoms with Crippen LogP contribution in [0, 0.1) is 16.3 Å². The lowest BCUT2D eigenvalue weighted by Gasteiger charge is -2.06. The third-order valence-corrected chi connectivity index (χ3v) is 3.33. The number of rotatable bonds is 3. The number of halogens is 2. The second-order valence-corrected chi connectivity index (χ2v) is 5.12. The second-order valence-electron chi connectivity index (χ2n) is 3.96. The molecule has 6 heteroatoms. The van der Waals surface area contributed by atoms with Crippen LogP contribution in [0.15, 0.2) is 30.6 Å². The lowest BCUT2D eigenvalue weighted by Crippen LogP contribution is -2.24. The van der Waals surface area contributed by atoms with Crippen molar-refractivity contribution in [1.29, 1.82) is 0 Å². The number of carbonyl (C=O) groups is 1. The standard InChI is InChI=1S/C13H11FIN3O/c1-8-5-17-10(6-16-8)7-18-13(19)11-3-2-9(14)4-12(11)15/h2-6H,7H2,1H3,(H,18,19). The zero-order chi connectivity index (χ0) is 13.8. The number of nitrogens with one attached hydrogen (secondary N) is 1. The zero-order valence-electron chi connectivity index (χ0n) is 10.2. The molecule has 98 valence electrons. The van der Waals surface area contributed by atoms with E-state index in [0.717, 1.165) is 5.69 Å². The molecule has 1 amide bonds. The van der Waals surface area contributed by atoms with Gasteiger partial charge in [-0.05, 0) is 47.7 Å². The van der Waals surface area contributed by atoms with Gasteiger partial charge in [-0.25, -0.2) is 4.39 Å². The van der Waals surface area contributed by atoms with Crippen LogP contribution in [0.3, 0.4) is 0 Å². The lowest BCUT2D eigenvalue weighted by molar-refractivity contribution is 0.0949. The van der Waals surface area contributed by atoms with E-state index in [0.29, 0.717) is 21.4 Å². The van der Waals surface area contributed by atoms with Crippen LogP contribution in [0.25, 0.3) is 0 Å². The summed E-state index contributed by atoms with van der Waals surface area (Å²) in [5, 5.41) is 2.73. The van der Waals surface area contributed by atoms with E-state index in [9.17, 15) is 9.18 Å². The predicted molar refractivity (Wildman–Crippen MR) is 77.1 cm³/mol. The topological polar surface area (TPSA) is 54.9 Å². The first-order chi connectivity index (χ1) is 9.06. The van der Waals surface area contributed by atoms with Crippen molar-refractivity contribution < 1.29 is 9.18 Å². The van der Waals surface area contributed by atoms with E-state index in [1.807, 2.05) is 29.5 Å². The molecule has 0 aliphatic heterocycles. The number of hydrogen-bond donors (Lipinski definition) is 1. The zero-order valence-corrected chi connectivity index (χ0v) is 12.3. The smallest absolute Gasteiger partial charge is 0.252 e. The summed E-state index contributed by atoms with van der Waals surface area (Å²) in [6.45, 7) is 2.13. The van der Waals surface area contributed by atoms with E-state index in [2.05, 4.69) is 15.3 Å². The van der Waals surface area contributed by atoms with Crippen molar-refractivity contribution in [3.05, 3.63) is 56.9 Å². The van der Waals surface area contributed by atoms with Crippen molar-refractivity contribution in [3.8, 4) is 0 Å². The van der Waals surface area contributed by atoms with Gasteiger partial charge in [0.25, 0.3) is 5.91 Å². The van der Waals surface area contributed by atoms with E-state index in [-0.39, 0.29) is 11.7 Å². The first-order valence-electron chi connectivity index (χ1n) is 5.57. The Labute approximate surface area is 123 Å². The number of carbonyl (C=O) groups excluding carboxylic acids is 1. The molecule has 0 bridgehead atoms. The van der Waals surface area contributed by atoms with Crippen molar-refractivity contribution in [1.82, 2.24) is 15.3 Å². The molecular formula is C13H11FIN3O. The first-order valence-corrected chi connectivity index (χ1v) is 6.65. The van der Waals surface area contributed by atoms with Gasteiger partial charge in [0.1, 0.15) is 5.82 Å². The van der Waals surface area contributed by atoms with Crippen molar-refractivity contribution in [2.45, 2.75) is 13.5 Å². The summed E-state index contributed by atoms with van der Waals surface area (Å²) in [5.41, 5.74) is 1.95. The van der Waals surface area contributed by atoms with Gasteiger partial charge >= 0.3 is 0 Å². The van der Waals surface area contributed by atoms with Crippen molar-refractivity contribution in [2.75, 3.05) is 0 Å². The van der Waals surface area contributed by atoms with Crippen LogP contribution in [0.5, 0.6) is 0 Å². The Kier molecular flexibility index (Phi) is 4.41. The fourth-order valence-electron chi connectivity index (χ4n) is 1.45. The Morgan fingerprint density at radius 3 is 2.79 bits per heavy atom. The number of amides is 1. The highest BCUT2D eigenvalue weighted by atomic mass is 127. The van der Waals surface area contributed by atoms with Crippen molar-refractivity contribution >= 4 is 28.5 Å². The van der Waals surface area contributed by atoms with Crippen LogP contribution >= 0.6 is 22.6 Å². The average molecular weight is 371 g/mol. The van der Waals surface area contributed by atoms with Crippen molar-refractivity contribution in [3.63, 3.8) is 0 Å². The molecule has 0 aliphatic rings. The molecule has 1 heterocycles. The molecule has 0 unspecified atom stereocenters. The molecule has 1 N–H and O–H groups in total. The van der Waals surface area contributed by atoms with Gasteiger partial charge in [-0.1, -0.05) is 0 Å². The van der Waals surface area contributed by atoms with E-state index in [1.54, 1.807) is 12.4 Å². The van der Waals surface area contributed by atoms with Crippen LogP contribution in [0.2, 0.25) is 0 Å². The van der Waals surface area contributed by atoms with E-state index in [4.69, 9.17) is 0 Å². The Bertz CT molecular complexity index is 601. The summed E-state index contributed by atoms with van der Waals surface area (Å²) >= 11 is 1.93. The van der Waals surface area contributed by atoms with E-state index in [1.165, 1.54) is 18.2 Å². The number of hydrogen-bond acceptors (Lipinski definition) is 3. The van der Waals surface area contributed by atoms with E-state index >= 15 is 0 Å². The maximum atomic E-state index is 12.9. The Hall–Kier alpha value is -1.57. The number of benzene rings is 1. The van der Waals surface area contributed by atoms with Gasteiger partial charge in [0.05, 0.1) is 29.7 Å². The van der Waals surface area contributed by atoms with Gasteiger partial charge in [-0.2, -0.15) is 0 Å². The molecule has 1 aromatic carbocycles. The number of aromatic nitrogens is 2. The lowest BCUT2D eigenvalue weighted by atomic mass is 10.2. The maximum absolute atomic E-state index is 12.9. The molecule has 0 spiro atoms. The van der Waals surface area contributed by atoms with Gasteiger partial charge in [-0.3, -0.25) is 14.8 Å². The highest BCUT2D eigenvalue weighted by Gasteiger charge is 2.10. The van der Waals surface area contributed by atoms with Crippen LogP contribution in [0.1, 0.15) is 21.7 Å². The van der Waals surface area contributed by atoms with Gasteiger partial charge < -0.3 is 5.32 Å². The summed E-state index contributed by atoms with van der Waals surface area (Å²) in [6, 6.07) is 4.05. The largest absolute Gasteiger partial charge is 0.346 e. The second kappa shape index (κ2) is 6.05.